The molecule has 176 valence electrons. The summed E-state index contributed by atoms with van der Waals surface area (Å²) in [6, 6.07) is 8.28. The number of thiophene rings is 1. The molecule has 10 heteroatoms. The maximum atomic E-state index is 13.2. The van der Waals surface area contributed by atoms with E-state index >= 15 is 0 Å². The molecule has 1 aliphatic heterocycles. The first kappa shape index (κ1) is 22.7. The molecule has 1 N–H and O–H groups in total. The lowest BCUT2D eigenvalue weighted by Gasteiger charge is -2.30. The number of carbonyl (C=O) groups excluding carboxylic acids is 2. The third-order valence-corrected chi connectivity index (χ3v) is 8.08. The minimum atomic E-state index is -0.269. The van der Waals surface area contributed by atoms with Gasteiger partial charge in [-0.3, -0.25) is 14.3 Å². The number of likely N-dealkylation sites (tertiary alicyclic amines) is 1. The molecule has 0 unspecified atom stereocenters. The summed E-state index contributed by atoms with van der Waals surface area (Å²) in [6.07, 6.45) is 1.26. The van der Waals surface area contributed by atoms with Crippen LogP contribution in [0.2, 0.25) is 0 Å². The number of nitrogens with one attached hydrogen (secondary N) is 1. The minimum absolute atomic E-state index is 0.0108. The van der Waals surface area contributed by atoms with Gasteiger partial charge in [0.15, 0.2) is 5.13 Å². The quantitative estimate of drug-likeness (QED) is 0.428. The number of amides is 2. The Labute approximate surface area is 204 Å². The first-order valence-corrected chi connectivity index (χ1v) is 12.8. The third kappa shape index (κ3) is 4.60. The van der Waals surface area contributed by atoms with Gasteiger partial charge in [0.25, 0.3) is 5.91 Å². The molecule has 5 rings (SSSR count). The Bertz CT molecular complexity index is 1350. The molecule has 7 nitrogen and oxygen atoms in total. The Morgan fingerprint density at radius 2 is 1.91 bits per heavy atom. The summed E-state index contributed by atoms with van der Waals surface area (Å²) in [4.78, 5) is 33.5. The topological polar surface area (TPSA) is 80.1 Å². The molecule has 0 spiro atoms. The van der Waals surface area contributed by atoms with Crippen molar-refractivity contribution in [3.63, 3.8) is 0 Å². The molecule has 0 aliphatic carbocycles. The van der Waals surface area contributed by atoms with Crippen LogP contribution in [0, 0.1) is 25.6 Å². The van der Waals surface area contributed by atoms with Gasteiger partial charge in [-0.25, -0.2) is 9.37 Å². The maximum absolute atomic E-state index is 13.2. The van der Waals surface area contributed by atoms with Gasteiger partial charge in [0.2, 0.25) is 5.91 Å². The van der Waals surface area contributed by atoms with Crippen LogP contribution in [0.15, 0.2) is 35.7 Å². The van der Waals surface area contributed by atoms with Crippen LogP contribution in [0.5, 0.6) is 0 Å². The van der Waals surface area contributed by atoms with Gasteiger partial charge < -0.3 is 10.2 Å². The van der Waals surface area contributed by atoms with Crippen LogP contribution in [0.25, 0.3) is 10.2 Å². The fraction of sp³-hybridized carbons (Fsp3) is 0.333. The van der Waals surface area contributed by atoms with Gasteiger partial charge >= 0.3 is 0 Å². The molecule has 2 amide bonds. The van der Waals surface area contributed by atoms with Crippen LogP contribution in [-0.2, 0) is 11.3 Å². The fourth-order valence-corrected chi connectivity index (χ4v) is 6.03. The number of fused-ring (bicyclic) bond motifs is 1. The second kappa shape index (κ2) is 9.27. The van der Waals surface area contributed by atoms with Gasteiger partial charge in [-0.1, -0.05) is 12.1 Å². The smallest absolute Gasteiger partial charge is 0.264 e. The highest BCUT2D eigenvalue weighted by Gasteiger charge is 2.29. The van der Waals surface area contributed by atoms with Crippen molar-refractivity contribution in [3.05, 3.63) is 63.4 Å². The monoisotopic (exact) mass is 497 g/mol. The number of carbonyl (C=O) groups is 2. The van der Waals surface area contributed by atoms with E-state index in [0.29, 0.717) is 42.5 Å². The van der Waals surface area contributed by atoms with Gasteiger partial charge in [-0.2, -0.15) is 5.10 Å². The molecule has 0 bridgehead atoms. The number of aryl methyl sites for hydroxylation is 2. The predicted octanol–water partition coefficient (Wildman–Crippen LogP) is 4.85. The molecule has 0 saturated carbocycles. The van der Waals surface area contributed by atoms with Crippen molar-refractivity contribution < 1.29 is 14.0 Å². The Morgan fingerprint density at radius 1 is 1.18 bits per heavy atom. The number of nitrogens with zero attached hydrogens (tertiary/aromatic N) is 4. The van der Waals surface area contributed by atoms with Crippen molar-refractivity contribution in [2.45, 2.75) is 33.2 Å². The Morgan fingerprint density at radius 3 is 2.59 bits per heavy atom. The van der Waals surface area contributed by atoms with Crippen molar-refractivity contribution in [1.82, 2.24) is 19.7 Å². The molecular formula is C24H24FN5O2S2. The van der Waals surface area contributed by atoms with Crippen LogP contribution in [0.1, 0.15) is 39.5 Å². The van der Waals surface area contributed by atoms with Crippen molar-refractivity contribution in [3.8, 4) is 0 Å². The zero-order chi connectivity index (χ0) is 23.8. The van der Waals surface area contributed by atoms with E-state index in [1.807, 2.05) is 34.9 Å². The lowest BCUT2D eigenvalue weighted by Crippen LogP contribution is -2.41. The zero-order valence-corrected chi connectivity index (χ0v) is 20.5. The van der Waals surface area contributed by atoms with Crippen LogP contribution in [0.3, 0.4) is 0 Å². The average molecular weight is 498 g/mol. The Balaban J connectivity index is 1.25. The number of hydrogen-bond acceptors (Lipinski definition) is 6. The summed E-state index contributed by atoms with van der Waals surface area (Å²) in [5, 5.41) is 11.0. The SMILES string of the molecule is Cc1csc(NC(=O)C2CCN(C(=O)c3cc4c(C)nn(Cc5ccc(F)cc5)c4s3)CC2)n1. The third-order valence-electron chi connectivity index (χ3n) is 6.07. The molecule has 0 atom stereocenters. The number of thiazole rings is 1. The standard InChI is InChI=1S/C24H24FN5O2S2/c1-14-13-33-24(26-14)27-21(31)17-7-9-29(10-8-17)22(32)20-11-19-15(2)28-30(23(19)34-20)12-16-3-5-18(25)6-4-16/h3-6,11,13,17H,7-10,12H2,1-2H3,(H,26,27,31). The molecule has 34 heavy (non-hydrogen) atoms. The molecule has 1 fully saturated rings. The molecule has 4 heterocycles. The zero-order valence-electron chi connectivity index (χ0n) is 18.9. The number of piperidine rings is 1. The second-order valence-corrected chi connectivity index (χ2v) is 10.4. The van der Waals surface area contributed by atoms with Crippen molar-refractivity contribution in [2.24, 2.45) is 5.92 Å². The van der Waals surface area contributed by atoms with Crippen LogP contribution in [-0.4, -0.2) is 44.6 Å². The Hall–Kier alpha value is -3.11. The fourth-order valence-electron chi connectivity index (χ4n) is 4.21. The molecule has 0 radical (unpaired) electrons. The number of halogens is 1. The Kier molecular flexibility index (Phi) is 6.18. The van der Waals surface area contributed by atoms with E-state index < -0.39 is 0 Å². The van der Waals surface area contributed by atoms with E-state index in [4.69, 9.17) is 0 Å². The maximum Gasteiger partial charge on any atom is 0.264 e. The van der Waals surface area contributed by atoms with E-state index in [1.54, 1.807) is 12.1 Å². The second-order valence-electron chi connectivity index (χ2n) is 8.55. The average Bonchev–Trinajstić information content (AvgIpc) is 3.52. The van der Waals surface area contributed by atoms with Crippen LogP contribution < -0.4 is 5.32 Å². The van der Waals surface area contributed by atoms with E-state index in [1.165, 1.54) is 34.8 Å². The minimum Gasteiger partial charge on any atom is -0.338 e. The van der Waals surface area contributed by atoms with Gasteiger partial charge in [-0.05, 0) is 50.5 Å². The summed E-state index contributed by atoms with van der Waals surface area (Å²) in [5.74, 6) is -0.431. The van der Waals surface area contributed by atoms with Crippen molar-refractivity contribution in [2.75, 3.05) is 18.4 Å². The van der Waals surface area contributed by atoms with E-state index in [0.717, 1.165) is 27.2 Å². The summed E-state index contributed by atoms with van der Waals surface area (Å²) < 4.78 is 15.1. The largest absolute Gasteiger partial charge is 0.338 e. The normalized spacial score (nSPS) is 14.6. The van der Waals surface area contributed by atoms with Gasteiger partial charge in [-0.15, -0.1) is 22.7 Å². The lowest BCUT2D eigenvalue weighted by molar-refractivity contribution is -0.121. The van der Waals surface area contributed by atoms with Crippen molar-refractivity contribution in [1.29, 1.82) is 0 Å². The molecule has 4 aromatic rings. The van der Waals surface area contributed by atoms with E-state index in [9.17, 15) is 14.0 Å². The summed E-state index contributed by atoms with van der Waals surface area (Å²) in [6.45, 7) is 5.42. The highest BCUT2D eigenvalue weighted by Crippen LogP contribution is 2.31. The summed E-state index contributed by atoms with van der Waals surface area (Å²) in [7, 11) is 0. The van der Waals surface area contributed by atoms with E-state index in [2.05, 4.69) is 15.4 Å². The first-order valence-electron chi connectivity index (χ1n) is 11.1. The predicted molar refractivity (Wildman–Crippen MR) is 132 cm³/mol. The number of hydrogen-bond donors (Lipinski definition) is 1. The lowest BCUT2D eigenvalue weighted by atomic mass is 9.96. The van der Waals surface area contributed by atoms with Crippen LogP contribution in [0.4, 0.5) is 9.52 Å². The number of anilines is 1. The number of benzene rings is 1. The van der Waals surface area contributed by atoms with Gasteiger partial charge in [0, 0.05) is 29.8 Å². The highest BCUT2D eigenvalue weighted by molar-refractivity contribution is 7.20. The van der Waals surface area contributed by atoms with Crippen molar-refractivity contribution >= 4 is 49.8 Å². The molecular weight excluding hydrogens is 473 g/mol. The molecule has 1 saturated heterocycles. The molecule has 3 aromatic heterocycles. The van der Waals surface area contributed by atoms with Gasteiger partial charge in [0.05, 0.1) is 22.8 Å². The summed E-state index contributed by atoms with van der Waals surface area (Å²) in [5.41, 5.74) is 2.70. The number of rotatable bonds is 5. The molecule has 1 aliphatic rings. The molecule has 1 aromatic carbocycles. The van der Waals surface area contributed by atoms with Gasteiger partial charge in [0.1, 0.15) is 10.6 Å². The summed E-state index contributed by atoms with van der Waals surface area (Å²) >= 11 is 2.85. The first-order chi connectivity index (χ1) is 16.4. The van der Waals surface area contributed by atoms with Crippen LogP contribution >= 0.6 is 22.7 Å². The highest BCUT2D eigenvalue weighted by atomic mass is 32.1. The number of aromatic nitrogens is 3. The van der Waals surface area contributed by atoms with E-state index in [-0.39, 0.29) is 23.5 Å².